The Hall–Kier alpha value is -0.530. The van der Waals surface area contributed by atoms with Gasteiger partial charge in [-0.15, -0.1) is 0 Å². The summed E-state index contributed by atoms with van der Waals surface area (Å²) in [4.78, 5) is 10.9. The maximum atomic E-state index is 10.9. The molecule has 4 saturated carbocycles. The van der Waals surface area contributed by atoms with Crippen molar-refractivity contribution in [2.24, 2.45) is 35.0 Å². The predicted octanol–water partition coefficient (Wildman–Crippen LogP) is 3.56. The van der Waals surface area contributed by atoms with Gasteiger partial charge in [0.2, 0.25) is 0 Å². The summed E-state index contributed by atoms with van der Waals surface area (Å²) >= 11 is 0. The second kappa shape index (κ2) is 3.73. The quantitative estimate of drug-likeness (QED) is 0.813. The van der Waals surface area contributed by atoms with Crippen molar-refractivity contribution in [1.29, 1.82) is 0 Å². The molecule has 0 aromatic rings. The van der Waals surface area contributed by atoms with Crippen molar-refractivity contribution >= 4 is 5.97 Å². The first kappa shape index (κ1) is 11.6. The number of rotatable bonds is 3. The lowest BCUT2D eigenvalue weighted by atomic mass is 9.45. The largest absolute Gasteiger partial charge is 0.481 e. The zero-order valence-electron chi connectivity index (χ0n) is 11.0. The van der Waals surface area contributed by atoms with Crippen molar-refractivity contribution < 1.29 is 9.90 Å². The van der Waals surface area contributed by atoms with Crippen LogP contribution in [0.5, 0.6) is 0 Å². The van der Waals surface area contributed by atoms with Gasteiger partial charge in [0.05, 0.1) is 0 Å². The molecule has 2 nitrogen and oxygen atoms in total. The normalized spacial score (nSPS) is 49.3. The minimum Gasteiger partial charge on any atom is -0.481 e. The fourth-order valence-electron chi connectivity index (χ4n) is 5.81. The fraction of sp³-hybridized carbons (Fsp3) is 0.933. The molecule has 0 aliphatic heterocycles. The van der Waals surface area contributed by atoms with Crippen molar-refractivity contribution in [2.75, 3.05) is 0 Å². The molecule has 4 aliphatic rings. The second-order valence-corrected chi connectivity index (χ2v) is 7.43. The van der Waals surface area contributed by atoms with E-state index in [1.54, 1.807) is 0 Å². The first-order chi connectivity index (χ1) is 7.97. The van der Waals surface area contributed by atoms with Crippen LogP contribution in [0.25, 0.3) is 0 Å². The molecule has 4 rings (SSSR count). The van der Waals surface area contributed by atoms with E-state index in [0.717, 1.165) is 17.8 Å². The van der Waals surface area contributed by atoms with Crippen molar-refractivity contribution in [2.45, 2.75) is 52.4 Å². The Balaban J connectivity index is 1.77. The van der Waals surface area contributed by atoms with Gasteiger partial charge in [-0.1, -0.05) is 13.8 Å². The highest BCUT2D eigenvalue weighted by Crippen LogP contribution is 2.63. The lowest BCUT2D eigenvalue weighted by Crippen LogP contribution is -2.51. The molecule has 96 valence electrons. The van der Waals surface area contributed by atoms with E-state index in [1.807, 2.05) is 0 Å². The van der Waals surface area contributed by atoms with Gasteiger partial charge in [0, 0.05) is 6.42 Å². The minimum absolute atomic E-state index is 0.374. The Morgan fingerprint density at radius 2 is 1.88 bits per heavy atom. The third kappa shape index (κ3) is 1.90. The van der Waals surface area contributed by atoms with Crippen LogP contribution in [0.1, 0.15) is 52.4 Å². The molecule has 0 saturated heterocycles. The third-order valence-electron chi connectivity index (χ3n) is 5.81. The molecule has 0 aromatic heterocycles. The summed E-state index contributed by atoms with van der Waals surface area (Å²) in [6.45, 7) is 4.64. The number of hydrogen-bond donors (Lipinski definition) is 1. The molecule has 3 atom stereocenters. The molecule has 0 heterocycles. The summed E-state index contributed by atoms with van der Waals surface area (Å²) < 4.78 is 0. The number of carbonyl (C=O) groups is 1. The zero-order chi connectivity index (χ0) is 12.2. The average molecular weight is 236 g/mol. The lowest BCUT2D eigenvalue weighted by molar-refractivity contribution is -0.142. The molecule has 2 heteroatoms. The van der Waals surface area contributed by atoms with Crippen LogP contribution in [0.3, 0.4) is 0 Å². The minimum atomic E-state index is -0.613. The molecule has 4 fully saturated rings. The highest BCUT2D eigenvalue weighted by Gasteiger charge is 2.54. The maximum absolute atomic E-state index is 10.9. The average Bonchev–Trinajstić information content (AvgIpc) is 2.11. The van der Waals surface area contributed by atoms with Gasteiger partial charge in [0.25, 0.3) is 0 Å². The van der Waals surface area contributed by atoms with E-state index in [1.165, 1.54) is 32.1 Å². The van der Waals surface area contributed by atoms with Crippen LogP contribution in [0.15, 0.2) is 0 Å². The molecular weight excluding hydrogens is 212 g/mol. The van der Waals surface area contributed by atoms with E-state index >= 15 is 0 Å². The summed E-state index contributed by atoms with van der Waals surface area (Å²) in [6, 6.07) is 0. The molecule has 3 unspecified atom stereocenters. The molecule has 0 amide bonds. The topological polar surface area (TPSA) is 37.3 Å². The van der Waals surface area contributed by atoms with E-state index in [2.05, 4.69) is 13.8 Å². The predicted molar refractivity (Wildman–Crippen MR) is 66.6 cm³/mol. The summed E-state index contributed by atoms with van der Waals surface area (Å²) in [5.41, 5.74) is 0.607. The molecular formula is C15H24O2. The summed E-state index contributed by atoms with van der Waals surface area (Å²) in [5.74, 6) is 3.10. The van der Waals surface area contributed by atoms with Crippen LogP contribution in [0.2, 0.25) is 0 Å². The maximum Gasteiger partial charge on any atom is 0.303 e. The first-order valence-electron chi connectivity index (χ1n) is 7.19. The van der Waals surface area contributed by atoms with Gasteiger partial charge in [0.1, 0.15) is 0 Å². The van der Waals surface area contributed by atoms with Crippen LogP contribution in [-0.2, 0) is 4.79 Å². The van der Waals surface area contributed by atoms with Crippen LogP contribution >= 0.6 is 0 Å². The van der Waals surface area contributed by atoms with E-state index in [9.17, 15) is 4.79 Å². The van der Waals surface area contributed by atoms with Gasteiger partial charge in [-0.05, 0) is 67.1 Å². The van der Waals surface area contributed by atoms with E-state index in [0.29, 0.717) is 23.7 Å². The number of hydrogen-bond acceptors (Lipinski definition) is 1. The Labute approximate surface area is 104 Å². The van der Waals surface area contributed by atoms with Crippen LogP contribution in [-0.4, -0.2) is 11.1 Å². The smallest absolute Gasteiger partial charge is 0.303 e. The Kier molecular flexibility index (Phi) is 2.53. The van der Waals surface area contributed by atoms with E-state index < -0.39 is 5.97 Å². The molecule has 4 aliphatic carbocycles. The number of aliphatic carboxylic acids is 1. The fourth-order valence-corrected chi connectivity index (χ4v) is 5.81. The molecule has 4 bridgehead atoms. The van der Waals surface area contributed by atoms with Crippen molar-refractivity contribution in [3.8, 4) is 0 Å². The van der Waals surface area contributed by atoms with Gasteiger partial charge in [-0.3, -0.25) is 4.79 Å². The van der Waals surface area contributed by atoms with Crippen molar-refractivity contribution in [1.82, 2.24) is 0 Å². The lowest BCUT2D eigenvalue weighted by Gasteiger charge is -2.60. The van der Waals surface area contributed by atoms with Gasteiger partial charge >= 0.3 is 5.97 Å². The monoisotopic (exact) mass is 236 g/mol. The summed E-state index contributed by atoms with van der Waals surface area (Å²) in [5, 5.41) is 8.99. The number of carboxylic acid groups (broad SMARTS) is 1. The standard InChI is InChI=1S/C15H24O2/c1-9(3-13(16)17)14-11-4-10-5-12(14)8-15(2,6-10)7-11/h9-12,14H,3-8H2,1-2H3,(H,16,17). The molecule has 1 N–H and O–H groups in total. The van der Waals surface area contributed by atoms with Crippen LogP contribution < -0.4 is 0 Å². The van der Waals surface area contributed by atoms with Crippen molar-refractivity contribution in [3.63, 3.8) is 0 Å². The second-order valence-electron chi connectivity index (χ2n) is 7.43. The molecule has 0 radical (unpaired) electrons. The zero-order valence-corrected chi connectivity index (χ0v) is 11.0. The summed E-state index contributed by atoms with van der Waals surface area (Å²) in [7, 11) is 0. The highest BCUT2D eigenvalue weighted by atomic mass is 16.4. The first-order valence-corrected chi connectivity index (χ1v) is 7.19. The molecule has 17 heavy (non-hydrogen) atoms. The van der Waals surface area contributed by atoms with Gasteiger partial charge in [-0.2, -0.15) is 0 Å². The van der Waals surface area contributed by atoms with Gasteiger partial charge in [0.15, 0.2) is 0 Å². The van der Waals surface area contributed by atoms with E-state index in [-0.39, 0.29) is 0 Å². The van der Waals surface area contributed by atoms with Crippen LogP contribution in [0.4, 0.5) is 0 Å². The van der Waals surface area contributed by atoms with Gasteiger partial charge in [-0.25, -0.2) is 0 Å². The molecule has 0 spiro atoms. The SMILES string of the molecule is CC(CC(=O)O)C1C2CC3CC1CC(C)(C3)C2. The highest BCUT2D eigenvalue weighted by molar-refractivity contribution is 5.67. The Morgan fingerprint density at radius 1 is 1.29 bits per heavy atom. The summed E-state index contributed by atoms with van der Waals surface area (Å²) in [6.07, 6.45) is 7.34. The van der Waals surface area contributed by atoms with Crippen LogP contribution in [0, 0.1) is 35.0 Å². The molecule has 0 aromatic carbocycles. The Bertz CT molecular complexity index is 320. The number of carboxylic acids is 1. The van der Waals surface area contributed by atoms with Crippen molar-refractivity contribution in [3.05, 3.63) is 0 Å². The third-order valence-corrected chi connectivity index (χ3v) is 5.81. The van der Waals surface area contributed by atoms with Gasteiger partial charge < -0.3 is 5.11 Å². The Morgan fingerprint density at radius 3 is 2.35 bits per heavy atom. The van der Waals surface area contributed by atoms with E-state index in [4.69, 9.17) is 5.11 Å².